The lowest BCUT2D eigenvalue weighted by molar-refractivity contribution is -0.118. The lowest BCUT2D eigenvalue weighted by Gasteiger charge is -2.27. The van der Waals surface area contributed by atoms with Gasteiger partial charge in [0.2, 0.25) is 5.91 Å². The molecule has 4 rings (SSSR count). The number of aryl methyl sites for hydroxylation is 1. The summed E-state index contributed by atoms with van der Waals surface area (Å²) in [6.07, 6.45) is 2.14. The average Bonchev–Trinajstić information content (AvgIpc) is 3.04. The standard InChI is InChI=1S/C18H23N3O3/c22-16-2-1-13-11-15(12-14-3-5-21(16)17(13)14)18(23)19-4-6-20-7-9-24-10-8-20/h11-12H,1-10H2,(H,19,23). The van der Waals surface area contributed by atoms with Crippen LogP contribution in [0.4, 0.5) is 5.69 Å². The smallest absolute Gasteiger partial charge is 0.251 e. The van der Waals surface area contributed by atoms with E-state index in [2.05, 4.69) is 10.2 Å². The van der Waals surface area contributed by atoms with E-state index in [-0.39, 0.29) is 11.8 Å². The van der Waals surface area contributed by atoms with Gasteiger partial charge in [0, 0.05) is 44.7 Å². The lowest BCUT2D eigenvalue weighted by atomic mass is 9.96. The van der Waals surface area contributed by atoms with Crippen molar-refractivity contribution in [3.63, 3.8) is 0 Å². The quantitative estimate of drug-likeness (QED) is 0.878. The number of morpholine rings is 1. The highest BCUT2D eigenvalue weighted by Gasteiger charge is 2.31. The van der Waals surface area contributed by atoms with Crippen LogP contribution >= 0.6 is 0 Å². The van der Waals surface area contributed by atoms with Gasteiger partial charge in [-0.1, -0.05) is 0 Å². The zero-order chi connectivity index (χ0) is 16.5. The van der Waals surface area contributed by atoms with Gasteiger partial charge in [0.05, 0.1) is 18.9 Å². The Morgan fingerprint density at radius 2 is 1.83 bits per heavy atom. The number of carbonyl (C=O) groups is 2. The Morgan fingerprint density at radius 1 is 1.08 bits per heavy atom. The molecule has 3 aliphatic heterocycles. The highest BCUT2D eigenvalue weighted by Crippen LogP contribution is 2.37. The van der Waals surface area contributed by atoms with Crippen molar-refractivity contribution in [1.29, 1.82) is 0 Å². The molecule has 3 aliphatic rings. The van der Waals surface area contributed by atoms with Gasteiger partial charge in [-0.2, -0.15) is 0 Å². The van der Waals surface area contributed by atoms with Crippen molar-refractivity contribution in [2.24, 2.45) is 0 Å². The fourth-order valence-corrected chi connectivity index (χ4v) is 3.84. The van der Waals surface area contributed by atoms with Gasteiger partial charge in [0.25, 0.3) is 5.91 Å². The minimum Gasteiger partial charge on any atom is -0.379 e. The molecule has 6 nitrogen and oxygen atoms in total. The number of ether oxygens (including phenoxy) is 1. The van der Waals surface area contributed by atoms with Gasteiger partial charge in [-0.05, 0) is 36.1 Å². The summed E-state index contributed by atoms with van der Waals surface area (Å²) in [5.41, 5.74) is 4.07. The molecule has 24 heavy (non-hydrogen) atoms. The van der Waals surface area contributed by atoms with Crippen LogP contribution in [0.15, 0.2) is 12.1 Å². The molecule has 0 radical (unpaired) electrons. The maximum absolute atomic E-state index is 12.5. The lowest BCUT2D eigenvalue weighted by Crippen LogP contribution is -2.41. The second kappa shape index (κ2) is 6.53. The van der Waals surface area contributed by atoms with E-state index in [0.717, 1.165) is 74.6 Å². The zero-order valence-electron chi connectivity index (χ0n) is 13.8. The van der Waals surface area contributed by atoms with E-state index in [1.807, 2.05) is 17.0 Å². The highest BCUT2D eigenvalue weighted by molar-refractivity contribution is 6.01. The van der Waals surface area contributed by atoms with Crippen molar-refractivity contribution in [2.75, 3.05) is 50.8 Å². The fourth-order valence-electron chi connectivity index (χ4n) is 3.84. The van der Waals surface area contributed by atoms with Crippen molar-refractivity contribution in [3.05, 3.63) is 28.8 Å². The molecule has 1 aromatic rings. The van der Waals surface area contributed by atoms with Crippen molar-refractivity contribution in [3.8, 4) is 0 Å². The largest absolute Gasteiger partial charge is 0.379 e. The van der Waals surface area contributed by atoms with E-state index in [4.69, 9.17) is 4.74 Å². The topological polar surface area (TPSA) is 61.9 Å². The first-order valence-corrected chi connectivity index (χ1v) is 8.77. The first kappa shape index (κ1) is 15.6. The number of rotatable bonds is 4. The van der Waals surface area contributed by atoms with Crippen molar-refractivity contribution < 1.29 is 14.3 Å². The molecule has 1 aromatic carbocycles. The first-order valence-electron chi connectivity index (χ1n) is 8.77. The second-order valence-electron chi connectivity index (χ2n) is 6.65. The maximum Gasteiger partial charge on any atom is 0.251 e. The van der Waals surface area contributed by atoms with E-state index < -0.39 is 0 Å². The molecule has 0 spiro atoms. The third-order valence-electron chi connectivity index (χ3n) is 5.13. The molecular weight excluding hydrogens is 306 g/mol. The number of benzene rings is 1. The highest BCUT2D eigenvalue weighted by atomic mass is 16.5. The van der Waals surface area contributed by atoms with E-state index in [1.54, 1.807) is 0 Å². The van der Waals surface area contributed by atoms with Crippen molar-refractivity contribution in [1.82, 2.24) is 10.2 Å². The summed E-state index contributed by atoms with van der Waals surface area (Å²) < 4.78 is 5.33. The molecule has 1 saturated heterocycles. The predicted molar refractivity (Wildman–Crippen MR) is 90.4 cm³/mol. The van der Waals surface area contributed by atoms with Crippen LogP contribution in [0, 0.1) is 0 Å². The van der Waals surface area contributed by atoms with Gasteiger partial charge < -0.3 is 15.0 Å². The summed E-state index contributed by atoms with van der Waals surface area (Å²) in [6.45, 7) is 5.68. The van der Waals surface area contributed by atoms with E-state index in [9.17, 15) is 9.59 Å². The van der Waals surface area contributed by atoms with E-state index in [1.165, 1.54) is 0 Å². The summed E-state index contributed by atoms with van der Waals surface area (Å²) in [7, 11) is 0. The molecular formula is C18H23N3O3. The normalized spacial score (nSPS) is 20.2. The van der Waals surface area contributed by atoms with Crippen LogP contribution in [-0.4, -0.2) is 62.7 Å². The number of anilines is 1. The zero-order valence-corrected chi connectivity index (χ0v) is 13.8. The Bertz CT molecular complexity index is 668. The van der Waals surface area contributed by atoms with Gasteiger partial charge in [0.15, 0.2) is 0 Å². The molecule has 0 unspecified atom stereocenters. The number of hydrogen-bond acceptors (Lipinski definition) is 4. The number of nitrogens with zero attached hydrogens (tertiary/aromatic N) is 2. The summed E-state index contributed by atoms with van der Waals surface area (Å²) in [5, 5.41) is 3.02. The average molecular weight is 329 g/mol. The molecule has 6 heteroatoms. The number of amides is 2. The van der Waals surface area contributed by atoms with Gasteiger partial charge in [-0.25, -0.2) is 0 Å². The summed E-state index contributed by atoms with van der Waals surface area (Å²) in [6, 6.07) is 3.93. The summed E-state index contributed by atoms with van der Waals surface area (Å²) >= 11 is 0. The summed E-state index contributed by atoms with van der Waals surface area (Å²) in [5.74, 6) is 0.196. The molecule has 0 aromatic heterocycles. The molecule has 0 saturated carbocycles. The number of nitrogens with one attached hydrogen (secondary N) is 1. The molecule has 0 bridgehead atoms. The van der Waals surface area contributed by atoms with Crippen LogP contribution < -0.4 is 10.2 Å². The van der Waals surface area contributed by atoms with E-state index >= 15 is 0 Å². The number of carbonyl (C=O) groups excluding carboxylic acids is 2. The SMILES string of the molecule is O=C(NCCN1CCOCC1)c1cc2c3c(c1)CCN3C(=O)CC2. The second-order valence-corrected chi connectivity index (χ2v) is 6.65. The Hall–Kier alpha value is -1.92. The monoisotopic (exact) mass is 329 g/mol. The van der Waals surface area contributed by atoms with Gasteiger partial charge >= 0.3 is 0 Å². The first-order chi connectivity index (χ1) is 11.7. The van der Waals surface area contributed by atoms with Crippen LogP contribution in [0.5, 0.6) is 0 Å². The van der Waals surface area contributed by atoms with Gasteiger partial charge in [-0.15, -0.1) is 0 Å². The number of hydrogen-bond donors (Lipinski definition) is 1. The molecule has 3 heterocycles. The van der Waals surface area contributed by atoms with Crippen molar-refractivity contribution in [2.45, 2.75) is 19.3 Å². The molecule has 0 aliphatic carbocycles. The predicted octanol–water partition coefficient (Wildman–Crippen LogP) is 0.584. The molecule has 1 N–H and O–H groups in total. The molecule has 128 valence electrons. The third-order valence-corrected chi connectivity index (χ3v) is 5.13. The van der Waals surface area contributed by atoms with Crippen molar-refractivity contribution >= 4 is 17.5 Å². The summed E-state index contributed by atoms with van der Waals surface area (Å²) in [4.78, 5) is 28.6. The Kier molecular flexibility index (Phi) is 4.24. The Labute approximate surface area is 141 Å². The molecule has 0 atom stereocenters. The van der Waals surface area contributed by atoms with Gasteiger partial charge in [0.1, 0.15) is 0 Å². The van der Waals surface area contributed by atoms with Crippen LogP contribution in [0.1, 0.15) is 27.9 Å². The molecule has 2 amide bonds. The fraction of sp³-hybridized carbons (Fsp3) is 0.556. The van der Waals surface area contributed by atoms with Gasteiger partial charge in [-0.3, -0.25) is 14.5 Å². The van der Waals surface area contributed by atoms with Crippen LogP contribution in [0.25, 0.3) is 0 Å². The maximum atomic E-state index is 12.5. The van der Waals surface area contributed by atoms with Crippen LogP contribution in [-0.2, 0) is 22.4 Å². The molecule has 1 fully saturated rings. The Morgan fingerprint density at radius 3 is 2.62 bits per heavy atom. The Balaban J connectivity index is 1.41. The minimum absolute atomic E-state index is 0.0161. The third kappa shape index (κ3) is 2.91. The minimum atomic E-state index is -0.0161. The van der Waals surface area contributed by atoms with E-state index in [0.29, 0.717) is 13.0 Å². The van der Waals surface area contributed by atoms with Crippen LogP contribution in [0.3, 0.4) is 0 Å². The van der Waals surface area contributed by atoms with Crippen LogP contribution in [0.2, 0.25) is 0 Å².